The number of para-hydroxylation sites is 2. The summed E-state index contributed by atoms with van der Waals surface area (Å²) >= 11 is 0. The van der Waals surface area contributed by atoms with Gasteiger partial charge in [0, 0.05) is 13.1 Å². The highest BCUT2D eigenvalue weighted by Crippen LogP contribution is 2.29. The van der Waals surface area contributed by atoms with Gasteiger partial charge in [-0.05, 0) is 50.0 Å². The number of aromatic nitrogens is 1. The Morgan fingerprint density at radius 1 is 1.06 bits per heavy atom. The average molecular weight is 428 g/mol. The summed E-state index contributed by atoms with van der Waals surface area (Å²) in [5.41, 5.74) is 2.75. The van der Waals surface area contributed by atoms with Crippen molar-refractivity contribution < 1.29 is 19.0 Å². The molecule has 168 valence electrons. The van der Waals surface area contributed by atoms with E-state index in [0.29, 0.717) is 37.0 Å². The van der Waals surface area contributed by atoms with Crippen LogP contribution in [0.5, 0.6) is 11.5 Å². The number of likely N-dealkylation sites (N-methyl/N-ethyl adjacent to an activating group) is 1. The molecule has 3 aromatic rings. The van der Waals surface area contributed by atoms with Crippen LogP contribution in [0.2, 0.25) is 0 Å². The normalized spacial score (nSPS) is 12.6. The van der Waals surface area contributed by atoms with Gasteiger partial charge in [0.25, 0.3) is 0 Å². The number of aliphatic hydroxyl groups excluding tert-OH is 1. The van der Waals surface area contributed by atoms with E-state index in [1.54, 1.807) is 7.11 Å². The van der Waals surface area contributed by atoms with Gasteiger partial charge in [-0.1, -0.05) is 32.0 Å². The first kappa shape index (κ1) is 23.1. The molecule has 0 radical (unpaired) electrons. The van der Waals surface area contributed by atoms with E-state index < -0.39 is 6.10 Å². The highest BCUT2D eigenvalue weighted by Gasteiger charge is 2.14. The molecule has 7 nitrogen and oxygen atoms in total. The topological polar surface area (TPSA) is 71.2 Å². The first-order chi connectivity index (χ1) is 15.0. The van der Waals surface area contributed by atoms with Crippen LogP contribution in [0.4, 0.5) is 0 Å². The van der Waals surface area contributed by atoms with Gasteiger partial charge in [-0.2, -0.15) is 0 Å². The first-order valence-corrected chi connectivity index (χ1v) is 10.8. The zero-order chi connectivity index (χ0) is 22.2. The number of nitrogens with zero attached hydrogens (tertiary/aromatic N) is 3. The molecule has 0 aliphatic carbocycles. The molecule has 1 aromatic heterocycles. The molecule has 0 aliphatic heterocycles. The van der Waals surface area contributed by atoms with Crippen molar-refractivity contribution in [3.63, 3.8) is 0 Å². The standard InChI is InChI=1S/C24H33N3O4/c1-5-27(6-2)15-19(28)17-30-23-13-18(11-12-22(23)29-4)14-26(3)16-24-25-20-9-7-8-10-21(20)31-24/h7-13,19,28H,5-6,14-17H2,1-4H3/t19-/m1/s1. The Morgan fingerprint density at radius 2 is 1.84 bits per heavy atom. The van der Waals surface area contributed by atoms with Crippen molar-refractivity contribution in [2.75, 3.05) is 40.4 Å². The largest absolute Gasteiger partial charge is 0.493 e. The number of methoxy groups -OCH3 is 1. The lowest BCUT2D eigenvalue weighted by atomic mass is 10.2. The predicted octanol–water partition coefficient (Wildman–Crippen LogP) is 3.55. The van der Waals surface area contributed by atoms with Crippen LogP contribution in [0.3, 0.4) is 0 Å². The number of benzene rings is 2. The van der Waals surface area contributed by atoms with Crippen molar-refractivity contribution in [2.45, 2.75) is 33.0 Å². The van der Waals surface area contributed by atoms with Gasteiger partial charge in [-0.25, -0.2) is 4.98 Å². The van der Waals surface area contributed by atoms with Crippen molar-refractivity contribution in [1.82, 2.24) is 14.8 Å². The van der Waals surface area contributed by atoms with Gasteiger partial charge in [0.1, 0.15) is 18.2 Å². The summed E-state index contributed by atoms with van der Waals surface area (Å²) in [7, 11) is 3.64. The van der Waals surface area contributed by atoms with Crippen molar-refractivity contribution in [3.05, 3.63) is 53.9 Å². The molecule has 3 rings (SSSR count). The highest BCUT2D eigenvalue weighted by atomic mass is 16.5. The molecule has 0 amide bonds. The van der Waals surface area contributed by atoms with Gasteiger partial charge in [-0.3, -0.25) is 4.90 Å². The van der Waals surface area contributed by atoms with E-state index in [1.807, 2.05) is 49.5 Å². The molecule has 31 heavy (non-hydrogen) atoms. The van der Waals surface area contributed by atoms with Gasteiger partial charge < -0.3 is 23.9 Å². The maximum Gasteiger partial charge on any atom is 0.209 e. The Morgan fingerprint density at radius 3 is 2.55 bits per heavy atom. The van der Waals surface area contributed by atoms with Gasteiger partial charge in [0.15, 0.2) is 17.1 Å². The van der Waals surface area contributed by atoms with Crippen LogP contribution >= 0.6 is 0 Å². The number of rotatable bonds is 12. The summed E-state index contributed by atoms with van der Waals surface area (Å²) in [5.74, 6) is 1.97. The molecule has 1 heterocycles. The van der Waals surface area contributed by atoms with E-state index >= 15 is 0 Å². The van der Waals surface area contributed by atoms with Crippen molar-refractivity contribution in [1.29, 1.82) is 0 Å². The summed E-state index contributed by atoms with van der Waals surface area (Å²) in [5, 5.41) is 10.3. The maximum absolute atomic E-state index is 10.3. The molecule has 0 bridgehead atoms. The quantitative estimate of drug-likeness (QED) is 0.474. The lowest BCUT2D eigenvalue weighted by Crippen LogP contribution is -2.35. The lowest BCUT2D eigenvalue weighted by molar-refractivity contribution is 0.0705. The van der Waals surface area contributed by atoms with Crippen molar-refractivity contribution >= 4 is 11.1 Å². The molecule has 0 fully saturated rings. The van der Waals surface area contributed by atoms with Crippen LogP contribution in [0, 0.1) is 0 Å². The zero-order valence-electron chi connectivity index (χ0n) is 18.9. The van der Waals surface area contributed by atoms with Crippen LogP contribution in [0.15, 0.2) is 46.9 Å². The fraction of sp³-hybridized carbons (Fsp3) is 0.458. The summed E-state index contributed by atoms with van der Waals surface area (Å²) in [6.07, 6.45) is -0.560. The van der Waals surface area contributed by atoms with Crippen LogP contribution < -0.4 is 9.47 Å². The first-order valence-electron chi connectivity index (χ1n) is 10.8. The van der Waals surface area contributed by atoms with Crippen LogP contribution in [-0.4, -0.2) is 66.4 Å². The highest BCUT2D eigenvalue weighted by molar-refractivity contribution is 5.72. The molecule has 0 saturated carbocycles. The molecule has 0 saturated heterocycles. The summed E-state index contributed by atoms with van der Waals surface area (Å²) in [6, 6.07) is 13.6. The second-order valence-electron chi connectivity index (χ2n) is 7.68. The van der Waals surface area contributed by atoms with E-state index in [0.717, 1.165) is 29.8 Å². The number of oxazole rings is 1. The van der Waals surface area contributed by atoms with Gasteiger partial charge in [-0.15, -0.1) is 0 Å². The van der Waals surface area contributed by atoms with Crippen LogP contribution in [0.1, 0.15) is 25.3 Å². The number of hydrogen-bond donors (Lipinski definition) is 1. The van der Waals surface area contributed by atoms with E-state index in [1.165, 1.54) is 0 Å². The summed E-state index contributed by atoms with van der Waals surface area (Å²) in [6.45, 7) is 8.07. The molecule has 1 N–H and O–H groups in total. The Labute approximate surface area is 184 Å². The van der Waals surface area contributed by atoms with E-state index in [9.17, 15) is 5.11 Å². The van der Waals surface area contributed by atoms with Crippen LogP contribution in [0.25, 0.3) is 11.1 Å². The molecule has 0 unspecified atom stereocenters. The second kappa shape index (κ2) is 11.1. The minimum Gasteiger partial charge on any atom is -0.493 e. The molecular formula is C24H33N3O4. The fourth-order valence-corrected chi connectivity index (χ4v) is 3.54. The SMILES string of the molecule is CCN(CC)C[C@@H](O)COc1cc(CN(C)Cc2nc3ccccc3o2)ccc1OC. The minimum atomic E-state index is -0.560. The molecule has 0 aliphatic rings. The molecular weight excluding hydrogens is 394 g/mol. The molecule has 7 heteroatoms. The maximum atomic E-state index is 10.3. The fourth-order valence-electron chi connectivity index (χ4n) is 3.54. The van der Waals surface area contributed by atoms with Gasteiger partial charge >= 0.3 is 0 Å². The minimum absolute atomic E-state index is 0.217. The van der Waals surface area contributed by atoms with E-state index in [2.05, 4.69) is 28.6 Å². The number of aliphatic hydroxyl groups is 1. The Balaban J connectivity index is 1.60. The van der Waals surface area contributed by atoms with E-state index in [4.69, 9.17) is 13.9 Å². The smallest absolute Gasteiger partial charge is 0.209 e. The lowest BCUT2D eigenvalue weighted by Gasteiger charge is -2.22. The third kappa shape index (κ3) is 6.43. The van der Waals surface area contributed by atoms with Crippen molar-refractivity contribution in [3.8, 4) is 11.5 Å². The van der Waals surface area contributed by atoms with Gasteiger partial charge in [0.05, 0.1) is 13.7 Å². The summed E-state index contributed by atoms with van der Waals surface area (Å²) in [4.78, 5) is 8.84. The number of ether oxygens (including phenoxy) is 2. The number of fused-ring (bicyclic) bond motifs is 1. The third-order valence-electron chi connectivity index (χ3n) is 5.22. The Bertz CT molecular complexity index is 922. The number of hydrogen-bond acceptors (Lipinski definition) is 7. The Kier molecular flexibility index (Phi) is 8.28. The molecule has 1 atom stereocenters. The monoisotopic (exact) mass is 427 g/mol. The predicted molar refractivity (Wildman–Crippen MR) is 121 cm³/mol. The third-order valence-corrected chi connectivity index (χ3v) is 5.22. The van der Waals surface area contributed by atoms with E-state index in [-0.39, 0.29) is 6.61 Å². The van der Waals surface area contributed by atoms with Gasteiger partial charge in [0.2, 0.25) is 5.89 Å². The van der Waals surface area contributed by atoms with Crippen LogP contribution in [-0.2, 0) is 13.1 Å². The van der Waals surface area contributed by atoms with Crippen molar-refractivity contribution in [2.24, 2.45) is 0 Å². The summed E-state index contributed by atoms with van der Waals surface area (Å²) < 4.78 is 17.2. The zero-order valence-corrected chi connectivity index (χ0v) is 18.9. The Hall–Kier alpha value is -2.61. The molecule has 2 aromatic carbocycles. The second-order valence-corrected chi connectivity index (χ2v) is 7.68. The average Bonchev–Trinajstić information content (AvgIpc) is 3.18. The molecule has 0 spiro atoms.